The topological polar surface area (TPSA) is 117 Å². The van der Waals surface area contributed by atoms with E-state index in [4.69, 9.17) is 16.3 Å². The number of hydrogen-bond acceptors (Lipinski definition) is 6. The molecule has 9 nitrogen and oxygen atoms in total. The van der Waals surface area contributed by atoms with E-state index in [1.165, 1.54) is 4.90 Å². The van der Waals surface area contributed by atoms with Crippen LogP contribution in [0.25, 0.3) is 0 Å². The molecule has 0 bridgehead atoms. The highest BCUT2D eigenvalue weighted by atomic mass is 35.5. The third-order valence-electron chi connectivity index (χ3n) is 6.85. The van der Waals surface area contributed by atoms with Crippen molar-refractivity contribution in [3.8, 4) is 0 Å². The van der Waals surface area contributed by atoms with E-state index in [2.05, 4.69) is 16.0 Å². The number of ether oxygens (including phenoxy) is 1. The van der Waals surface area contributed by atoms with Crippen molar-refractivity contribution < 1.29 is 23.9 Å². The number of carbonyl (C=O) groups excluding carboxylic acids is 4. The summed E-state index contributed by atoms with van der Waals surface area (Å²) in [5.74, 6) is -1.21. The zero-order valence-corrected chi connectivity index (χ0v) is 20.4. The van der Waals surface area contributed by atoms with Gasteiger partial charge < -0.3 is 20.3 Å². The number of anilines is 1. The summed E-state index contributed by atoms with van der Waals surface area (Å²) in [5.41, 5.74) is 3.40. The van der Waals surface area contributed by atoms with Gasteiger partial charge in [-0.25, -0.2) is 0 Å². The van der Waals surface area contributed by atoms with Crippen LogP contribution in [0.4, 0.5) is 5.69 Å². The molecule has 0 saturated carbocycles. The minimum atomic E-state index is -0.653. The molecular weight excluding hydrogens is 484 g/mol. The highest BCUT2D eigenvalue weighted by molar-refractivity contribution is 6.33. The Hall–Kier alpha value is -3.43. The molecular formula is C26H27ClN4O5. The normalized spacial score (nSPS) is 20.2. The van der Waals surface area contributed by atoms with Crippen LogP contribution in [-0.4, -0.2) is 53.8 Å². The Balaban J connectivity index is 1.22. The second-order valence-electron chi connectivity index (χ2n) is 9.30. The third-order valence-corrected chi connectivity index (χ3v) is 7.18. The Kier molecular flexibility index (Phi) is 6.93. The predicted molar refractivity (Wildman–Crippen MR) is 133 cm³/mol. The fourth-order valence-electron chi connectivity index (χ4n) is 4.86. The molecule has 2 aromatic carbocycles. The molecule has 0 aliphatic carbocycles. The Morgan fingerprint density at radius 2 is 1.89 bits per heavy atom. The summed E-state index contributed by atoms with van der Waals surface area (Å²) in [6.45, 7) is 1.98. The van der Waals surface area contributed by atoms with Gasteiger partial charge in [-0.3, -0.25) is 24.5 Å². The lowest BCUT2D eigenvalue weighted by Crippen LogP contribution is -2.52. The monoisotopic (exact) mass is 510 g/mol. The maximum atomic E-state index is 12.9. The number of carbonyl (C=O) groups is 4. The van der Waals surface area contributed by atoms with Crippen molar-refractivity contribution in [1.29, 1.82) is 0 Å². The van der Waals surface area contributed by atoms with Crippen LogP contribution in [0.3, 0.4) is 0 Å². The van der Waals surface area contributed by atoms with Gasteiger partial charge in [0.25, 0.3) is 11.8 Å². The molecule has 3 N–H and O–H groups in total. The number of halogens is 1. The molecule has 4 amide bonds. The molecule has 1 unspecified atom stereocenters. The standard InChI is InChI=1S/C26H27ClN4O5/c27-20-4-2-16(12-21(20)29-18-7-9-36-10-8-18)24(33)28-13-15-1-3-19-17(11-15)14-31(26(19)35)22-5-6-23(32)30-25(22)34/h1-4,11-12,18,22,29H,5-10,13-14H2,(H,28,33)(H,30,32,34). The van der Waals surface area contributed by atoms with E-state index in [0.29, 0.717) is 42.3 Å². The summed E-state index contributed by atoms with van der Waals surface area (Å²) in [5, 5.41) is 9.20. The molecule has 36 heavy (non-hydrogen) atoms. The Morgan fingerprint density at radius 1 is 1.08 bits per heavy atom. The van der Waals surface area contributed by atoms with Crippen LogP contribution in [0.2, 0.25) is 5.02 Å². The minimum Gasteiger partial charge on any atom is -0.381 e. The molecule has 5 rings (SSSR count). The lowest BCUT2D eigenvalue weighted by molar-refractivity contribution is -0.136. The van der Waals surface area contributed by atoms with Gasteiger partial charge in [-0.15, -0.1) is 0 Å². The van der Waals surface area contributed by atoms with Crippen LogP contribution in [-0.2, 0) is 27.4 Å². The number of amides is 4. The number of nitrogens with zero attached hydrogens (tertiary/aromatic N) is 1. The van der Waals surface area contributed by atoms with Crippen LogP contribution >= 0.6 is 11.6 Å². The van der Waals surface area contributed by atoms with Crippen molar-refractivity contribution in [2.24, 2.45) is 0 Å². The van der Waals surface area contributed by atoms with Crippen LogP contribution in [0, 0.1) is 0 Å². The van der Waals surface area contributed by atoms with E-state index in [0.717, 1.165) is 29.7 Å². The van der Waals surface area contributed by atoms with Gasteiger partial charge in [0.05, 0.1) is 10.7 Å². The van der Waals surface area contributed by atoms with Crippen LogP contribution in [0.15, 0.2) is 36.4 Å². The molecule has 3 heterocycles. The number of benzene rings is 2. The van der Waals surface area contributed by atoms with E-state index >= 15 is 0 Å². The Morgan fingerprint density at radius 3 is 2.67 bits per heavy atom. The number of imide groups is 1. The summed E-state index contributed by atoms with van der Waals surface area (Å²) < 4.78 is 5.39. The van der Waals surface area contributed by atoms with Gasteiger partial charge in [0, 0.05) is 49.9 Å². The van der Waals surface area contributed by atoms with E-state index in [1.54, 1.807) is 30.3 Å². The molecule has 1 atom stereocenters. The Bertz CT molecular complexity index is 1230. The molecule has 0 aromatic heterocycles. The summed E-state index contributed by atoms with van der Waals surface area (Å²) >= 11 is 6.34. The summed E-state index contributed by atoms with van der Waals surface area (Å²) in [7, 11) is 0. The van der Waals surface area contributed by atoms with Crippen LogP contribution in [0.1, 0.15) is 57.5 Å². The highest BCUT2D eigenvalue weighted by Crippen LogP contribution is 2.29. The van der Waals surface area contributed by atoms with E-state index < -0.39 is 11.9 Å². The van der Waals surface area contributed by atoms with Crippen molar-refractivity contribution in [2.45, 2.75) is 50.9 Å². The molecule has 188 valence electrons. The smallest absolute Gasteiger partial charge is 0.255 e. The first-order valence-corrected chi connectivity index (χ1v) is 12.5. The van der Waals surface area contributed by atoms with Gasteiger partial charge in [-0.2, -0.15) is 0 Å². The molecule has 3 aliphatic rings. The lowest BCUT2D eigenvalue weighted by Gasteiger charge is -2.29. The summed E-state index contributed by atoms with van der Waals surface area (Å²) in [6.07, 6.45) is 2.30. The van der Waals surface area contributed by atoms with Gasteiger partial charge in [-0.05, 0) is 54.7 Å². The quantitative estimate of drug-likeness (QED) is 0.514. The zero-order chi connectivity index (χ0) is 25.2. The molecule has 0 spiro atoms. The van der Waals surface area contributed by atoms with Gasteiger partial charge in [0.15, 0.2) is 0 Å². The maximum Gasteiger partial charge on any atom is 0.255 e. The SMILES string of the molecule is O=C1CCC(N2Cc3cc(CNC(=O)c4ccc(Cl)c(NC5CCOCC5)c4)ccc3C2=O)C(=O)N1. The maximum absolute atomic E-state index is 12.9. The Labute approximate surface area is 213 Å². The number of hydrogen-bond donors (Lipinski definition) is 3. The molecule has 2 fully saturated rings. The molecule has 0 radical (unpaired) electrons. The lowest BCUT2D eigenvalue weighted by atomic mass is 10.0. The van der Waals surface area contributed by atoms with Crippen LogP contribution in [0.5, 0.6) is 0 Å². The first kappa shape index (κ1) is 24.3. The second-order valence-corrected chi connectivity index (χ2v) is 9.71. The van der Waals surface area contributed by atoms with Crippen molar-refractivity contribution in [2.75, 3.05) is 18.5 Å². The van der Waals surface area contributed by atoms with Crippen molar-refractivity contribution in [3.63, 3.8) is 0 Å². The predicted octanol–water partition coefficient (Wildman–Crippen LogP) is 2.62. The van der Waals surface area contributed by atoms with E-state index in [1.807, 2.05) is 6.07 Å². The number of piperidine rings is 1. The zero-order valence-electron chi connectivity index (χ0n) is 19.6. The van der Waals surface area contributed by atoms with Crippen LogP contribution < -0.4 is 16.0 Å². The molecule has 10 heteroatoms. The minimum absolute atomic E-state index is 0.213. The largest absolute Gasteiger partial charge is 0.381 e. The number of rotatable bonds is 6. The first-order chi connectivity index (χ1) is 17.4. The molecule has 2 saturated heterocycles. The fourth-order valence-corrected chi connectivity index (χ4v) is 5.03. The van der Waals surface area contributed by atoms with Crippen molar-refractivity contribution >= 4 is 40.9 Å². The average Bonchev–Trinajstić information content (AvgIpc) is 3.20. The van der Waals surface area contributed by atoms with Crippen molar-refractivity contribution in [3.05, 3.63) is 63.7 Å². The first-order valence-electron chi connectivity index (χ1n) is 12.1. The van der Waals surface area contributed by atoms with E-state index in [-0.39, 0.29) is 36.7 Å². The fraction of sp³-hybridized carbons (Fsp3) is 0.385. The molecule has 2 aromatic rings. The third kappa shape index (κ3) is 5.08. The van der Waals surface area contributed by atoms with Gasteiger partial charge in [-0.1, -0.05) is 23.7 Å². The summed E-state index contributed by atoms with van der Waals surface area (Å²) in [4.78, 5) is 50.9. The van der Waals surface area contributed by atoms with Gasteiger partial charge >= 0.3 is 0 Å². The van der Waals surface area contributed by atoms with Gasteiger partial charge in [0.2, 0.25) is 11.8 Å². The highest BCUT2D eigenvalue weighted by Gasteiger charge is 2.39. The summed E-state index contributed by atoms with van der Waals surface area (Å²) in [6, 6.07) is 10.2. The average molecular weight is 511 g/mol. The van der Waals surface area contributed by atoms with Gasteiger partial charge in [0.1, 0.15) is 6.04 Å². The van der Waals surface area contributed by atoms with Crippen molar-refractivity contribution in [1.82, 2.24) is 15.5 Å². The van der Waals surface area contributed by atoms with E-state index in [9.17, 15) is 19.2 Å². The number of nitrogens with one attached hydrogen (secondary N) is 3. The number of fused-ring (bicyclic) bond motifs is 1. The second kappa shape index (κ2) is 10.3. The molecule has 3 aliphatic heterocycles.